The van der Waals surface area contributed by atoms with Crippen LogP contribution in [0.25, 0.3) is 5.52 Å². The Labute approximate surface area is 176 Å². The zero-order valence-electron chi connectivity index (χ0n) is 16.0. The van der Waals surface area contributed by atoms with Gasteiger partial charge in [-0.2, -0.15) is 5.10 Å². The summed E-state index contributed by atoms with van der Waals surface area (Å²) in [6.45, 7) is -0.105. The molecule has 0 saturated heterocycles. The second-order valence-electron chi connectivity index (χ2n) is 7.05. The Morgan fingerprint density at radius 1 is 1.30 bits per heavy atom. The molecule has 0 unspecified atom stereocenters. The van der Waals surface area contributed by atoms with E-state index in [0.717, 1.165) is 34.8 Å². The van der Waals surface area contributed by atoms with Gasteiger partial charge in [-0.1, -0.05) is 0 Å². The smallest absolute Gasteiger partial charge is 0.214 e. The van der Waals surface area contributed by atoms with Crippen molar-refractivity contribution in [3.63, 3.8) is 0 Å². The van der Waals surface area contributed by atoms with E-state index in [4.69, 9.17) is 5.73 Å². The summed E-state index contributed by atoms with van der Waals surface area (Å²) in [7, 11) is 0. The van der Waals surface area contributed by atoms with Crippen LogP contribution in [0.15, 0.2) is 63.7 Å². The summed E-state index contributed by atoms with van der Waals surface area (Å²) >= 11 is 1.46. The van der Waals surface area contributed by atoms with Gasteiger partial charge in [-0.3, -0.25) is 5.10 Å². The fraction of sp³-hybridized carbons (Fsp3) is 0.200. The first-order valence-corrected chi connectivity index (χ1v) is 10.4. The number of aromatic nitrogens is 5. The number of aromatic amines is 1. The fourth-order valence-electron chi connectivity index (χ4n) is 2.99. The predicted octanol–water partition coefficient (Wildman–Crippen LogP) is 3.24. The molecule has 3 aromatic heterocycles. The molecular weight excluding hydrogens is 400 g/mol. The number of benzene rings is 1. The normalized spacial score (nSPS) is 14.4. The third-order valence-electron chi connectivity index (χ3n) is 4.72. The van der Waals surface area contributed by atoms with Crippen LogP contribution in [0, 0.1) is 5.92 Å². The number of hydrogen-bond donors (Lipinski definition) is 4. The summed E-state index contributed by atoms with van der Waals surface area (Å²) < 4.78 is 1.77. The number of anilines is 2. The fourth-order valence-corrected chi connectivity index (χ4v) is 3.74. The van der Waals surface area contributed by atoms with Gasteiger partial charge in [-0.05, 0) is 61.0 Å². The van der Waals surface area contributed by atoms with E-state index in [0.29, 0.717) is 28.4 Å². The minimum Gasteiger partial charge on any atom is -0.390 e. The molecule has 10 heteroatoms. The van der Waals surface area contributed by atoms with Gasteiger partial charge in [0.05, 0.1) is 18.0 Å². The molecular formula is C20H20N8OS. The van der Waals surface area contributed by atoms with E-state index in [9.17, 15) is 5.11 Å². The average molecular weight is 421 g/mol. The molecule has 0 radical (unpaired) electrons. The van der Waals surface area contributed by atoms with Gasteiger partial charge in [0.15, 0.2) is 11.6 Å². The van der Waals surface area contributed by atoms with Gasteiger partial charge in [-0.15, -0.1) is 5.10 Å². The minimum atomic E-state index is -0.105. The van der Waals surface area contributed by atoms with Gasteiger partial charge in [0, 0.05) is 23.1 Å². The van der Waals surface area contributed by atoms with Crippen LogP contribution >= 0.6 is 11.8 Å². The molecule has 9 nitrogen and oxygen atoms in total. The highest BCUT2D eigenvalue weighted by Gasteiger charge is 2.25. The molecule has 1 fully saturated rings. The molecule has 1 aliphatic carbocycles. The van der Waals surface area contributed by atoms with Crippen molar-refractivity contribution in [2.24, 2.45) is 16.6 Å². The zero-order chi connectivity index (χ0) is 20.5. The Morgan fingerprint density at radius 3 is 2.87 bits per heavy atom. The summed E-state index contributed by atoms with van der Waals surface area (Å²) in [6.07, 6.45) is 4.14. The lowest BCUT2D eigenvalue weighted by Gasteiger charge is -2.08. The summed E-state index contributed by atoms with van der Waals surface area (Å²) in [5.74, 6) is 2.38. The lowest BCUT2D eigenvalue weighted by Crippen LogP contribution is -2.12. The van der Waals surface area contributed by atoms with Crippen molar-refractivity contribution in [1.29, 1.82) is 0 Å². The largest absolute Gasteiger partial charge is 0.390 e. The standard InChI is InChI=1S/C20H20N8OS/c21-18(12-3-4-12)22-13-5-7-15(8-6-13)30-20-24-19(16-2-1-9-28(16)27-20)23-17-10-14(11-29)25-26-17/h1-2,5-10,12,29H,3-4,11H2,(H2,21,22)(H2,23,24,25,26,27). The molecule has 0 spiro atoms. The first-order chi connectivity index (χ1) is 14.7. The Morgan fingerprint density at radius 2 is 2.13 bits per heavy atom. The number of nitrogens with one attached hydrogen (secondary N) is 2. The number of aliphatic hydroxyl groups excluding tert-OH is 1. The van der Waals surface area contributed by atoms with E-state index in [2.05, 4.69) is 30.6 Å². The van der Waals surface area contributed by atoms with Crippen molar-refractivity contribution in [3.05, 3.63) is 54.4 Å². The zero-order valence-corrected chi connectivity index (χ0v) is 16.8. The second kappa shape index (κ2) is 7.81. The molecule has 3 heterocycles. The average Bonchev–Trinajstić information content (AvgIpc) is 3.33. The molecule has 4 aromatic rings. The highest BCUT2D eigenvalue weighted by Crippen LogP contribution is 2.32. The topological polar surface area (TPSA) is 130 Å². The Bertz CT molecular complexity index is 1210. The van der Waals surface area contributed by atoms with Crippen LogP contribution in [0.5, 0.6) is 0 Å². The number of amidine groups is 1. The summed E-state index contributed by atoms with van der Waals surface area (Å²) in [4.78, 5) is 10.1. The van der Waals surface area contributed by atoms with E-state index in [1.54, 1.807) is 10.6 Å². The number of H-pyrrole nitrogens is 1. The molecule has 5 N–H and O–H groups in total. The molecule has 0 atom stereocenters. The number of nitrogens with zero attached hydrogens (tertiary/aromatic N) is 5. The molecule has 152 valence electrons. The number of nitrogens with two attached hydrogens (primary N) is 1. The van der Waals surface area contributed by atoms with Crippen molar-refractivity contribution in [3.8, 4) is 0 Å². The molecule has 5 rings (SSSR count). The maximum absolute atomic E-state index is 9.21. The van der Waals surface area contributed by atoms with Crippen molar-refractivity contribution >= 4 is 40.4 Å². The molecule has 1 saturated carbocycles. The van der Waals surface area contributed by atoms with Gasteiger partial charge >= 0.3 is 0 Å². The lowest BCUT2D eigenvalue weighted by molar-refractivity contribution is 0.276. The van der Waals surface area contributed by atoms with E-state index in [1.165, 1.54) is 11.8 Å². The number of fused-ring (bicyclic) bond motifs is 1. The van der Waals surface area contributed by atoms with Crippen LogP contribution in [-0.2, 0) is 6.61 Å². The molecule has 0 amide bonds. The first-order valence-electron chi connectivity index (χ1n) is 9.57. The maximum atomic E-state index is 9.21. The summed E-state index contributed by atoms with van der Waals surface area (Å²) in [5, 5.41) is 24.5. The Balaban J connectivity index is 1.38. The second-order valence-corrected chi connectivity index (χ2v) is 8.09. The van der Waals surface area contributed by atoms with Gasteiger partial charge < -0.3 is 16.2 Å². The number of aliphatic hydroxyl groups is 1. The van der Waals surface area contributed by atoms with Crippen LogP contribution in [0.4, 0.5) is 17.3 Å². The van der Waals surface area contributed by atoms with Gasteiger partial charge in [-0.25, -0.2) is 14.5 Å². The molecule has 1 aliphatic rings. The van der Waals surface area contributed by atoms with E-state index >= 15 is 0 Å². The van der Waals surface area contributed by atoms with Crippen LogP contribution in [0.1, 0.15) is 18.5 Å². The van der Waals surface area contributed by atoms with Gasteiger partial charge in [0.1, 0.15) is 11.4 Å². The van der Waals surface area contributed by atoms with Crippen LogP contribution in [0.2, 0.25) is 0 Å². The predicted molar refractivity (Wildman–Crippen MR) is 115 cm³/mol. The first kappa shape index (κ1) is 18.6. The van der Waals surface area contributed by atoms with Crippen LogP contribution in [-0.4, -0.2) is 35.7 Å². The highest BCUT2D eigenvalue weighted by atomic mass is 32.2. The minimum absolute atomic E-state index is 0.105. The quantitative estimate of drug-likeness (QED) is 0.267. The van der Waals surface area contributed by atoms with E-state index in [-0.39, 0.29) is 6.61 Å². The van der Waals surface area contributed by atoms with E-state index in [1.807, 2.05) is 42.6 Å². The monoisotopic (exact) mass is 420 g/mol. The number of aliphatic imine (C=N–C) groups is 1. The third-order valence-corrected chi connectivity index (χ3v) is 5.58. The van der Waals surface area contributed by atoms with Crippen molar-refractivity contribution < 1.29 is 5.11 Å². The van der Waals surface area contributed by atoms with Crippen molar-refractivity contribution in [2.45, 2.75) is 29.5 Å². The molecule has 1 aromatic carbocycles. The Kier molecular flexibility index (Phi) is 4.85. The number of rotatable bonds is 7. The van der Waals surface area contributed by atoms with Crippen LogP contribution in [0.3, 0.4) is 0 Å². The SMILES string of the molecule is NC(=Nc1ccc(Sc2nc(Nc3cc(CO)[nH]n3)c3cccn3n2)cc1)C1CC1. The van der Waals surface area contributed by atoms with E-state index < -0.39 is 0 Å². The number of hydrogen-bond acceptors (Lipinski definition) is 7. The maximum Gasteiger partial charge on any atom is 0.214 e. The lowest BCUT2D eigenvalue weighted by atomic mass is 10.3. The van der Waals surface area contributed by atoms with Crippen LogP contribution < -0.4 is 11.1 Å². The van der Waals surface area contributed by atoms with Crippen molar-refractivity contribution in [2.75, 3.05) is 5.32 Å². The summed E-state index contributed by atoms with van der Waals surface area (Å²) in [6, 6.07) is 13.4. The third kappa shape index (κ3) is 4.00. The van der Waals surface area contributed by atoms with Crippen molar-refractivity contribution in [1.82, 2.24) is 24.8 Å². The molecule has 30 heavy (non-hydrogen) atoms. The van der Waals surface area contributed by atoms with Gasteiger partial charge in [0.25, 0.3) is 0 Å². The van der Waals surface area contributed by atoms with Gasteiger partial charge in [0.2, 0.25) is 5.16 Å². The Hall–Kier alpha value is -3.37. The summed E-state index contributed by atoms with van der Waals surface area (Å²) in [5.41, 5.74) is 8.30. The molecule has 0 aliphatic heterocycles. The molecule has 0 bridgehead atoms. The highest BCUT2D eigenvalue weighted by molar-refractivity contribution is 7.99.